The lowest BCUT2D eigenvalue weighted by Gasteiger charge is -2.14. The summed E-state index contributed by atoms with van der Waals surface area (Å²) >= 11 is 0. The van der Waals surface area contributed by atoms with Crippen LogP contribution in [0.4, 0.5) is 24.9 Å². The van der Waals surface area contributed by atoms with E-state index in [1.807, 2.05) is 0 Å². The van der Waals surface area contributed by atoms with E-state index in [-0.39, 0.29) is 31.6 Å². The quantitative estimate of drug-likeness (QED) is 0.710. The van der Waals surface area contributed by atoms with Crippen LogP contribution in [0.15, 0.2) is 6.07 Å². The number of rotatable bonds is 7. The lowest BCUT2D eigenvalue weighted by Crippen LogP contribution is -2.17. The molecule has 0 saturated carbocycles. The molecule has 1 aromatic heterocycles. The third kappa shape index (κ3) is 5.30. The highest BCUT2D eigenvalue weighted by atomic mass is 19.4. The zero-order valence-electron chi connectivity index (χ0n) is 12.0. The first-order valence-electron chi connectivity index (χ1n) is 7.10. The summed E-state index contributed by atoms with van der Waals surface area (Å²) in [5.41, 5.74) is 0.724. The molecule has 1 aliphatic heterocycles. The SMILES string of the molecule is OCCNc1nc(NCCC(F)(F)F)cc(C2CCOC2)n1. The van der Waals surface area contributed by atoms with Crippen LogP contribution in [0.1, 0.15) is 24.5 Å². The molecule has 0 aromatic carbocycles. The van der Waals surface area contributed by atoms with E-state index in [1.54, 1.807) is 6.07 Å². The lowest BCUT2D eigenvalue weighted by atomic mass is 10.0. The molecular weight excluding hydrogens is 301 g/mol. The fourth-order valence-electron chi connectivity index (χ4n) is 2.11. The van der Waals surface area contributed by atoms with Gasteiger partial charge in [-0.3, -0.25) is 0 Å². The summed E-state index contributed by atoms with van der Waals surface area (Å²) in [5, 5.41) is 14.3. The summed E-state index contributed by atoms with van der Waals surface area (Å²) < 4.78 is 41.9. The molecule has 22 heavy (non-hydrogen) atoms. The number of hydrogen-bond acceptors (Lipinski definition) is 6. The van der Waals surface area contributed by atoms with E-state index in [0.29, 0.717) is 19.0 Å². The number of nitrogens with one attached hydrogen (secondary N) is 2. The highest BCUT2D eigenvalue weighted by molar-refractivity contribution is 5.43. The fraction of sp³-hybridized carbons (Fsp3) is 0.692. The molecule has 1 fully saturated rings. The molecule has 1 aromatic rings. The first-order valence-corrected chi connectivity index (χ1v) is 7.10. The number of aliphatic hydroxyl groups excluding tert-OH is 1. The number of aromatic nitrogens is 2. The molecule has 1 atom stereocenters. The summed E-state index contributed by atoms with van der Waals surface area (Å²) in [7, 11) is 0. The van der Waals surface area contributed by atoms with Crippen molar-refractivity contribution >= 4 is 11.8 Å². The van der Waals surface area contributed by atoms with Crippen molar-refractivity contribution in [3.63, 3.8) is 0 Å². The van der Waals surface area contributed by atoms with Crippen LogP contribution in [-0.4, -0.2) is 54.2 Å². The molecule has 1 aliphatic rings. The average Bonchev–Trinajstić information content (AvgIpc) is 2.98. The van der Waals surface area contributed by atoms with Gasteiger partial charge in [-0.2, -0.15) is 18.2 Å². The third-order valence-corrected chi connectivity index (χ3v) is 3.20. The maximum atomic E-state index is 12.2. The van der Waals surface area contributed by atoms with Crippen LogP contribution in [0.5, 0.6) is 0 Å². The Hall–Kier alpha value is -1.61. The molecule has 124 valence electrons. The van der Waals surface area contributed by atoms with Crippen LogP contribution in [-0.2, 0) is 4.74 Å². The van der Waals surface area contributed by atoms with Gasteiger partial charge >= 0.3 is 6.18 Å². The van der Waals surface area contributed by atoms with Gasteiger partial charge in [0, 0.05) is 31.7 Å². The molecule has 0 radical (unpaired) electrons. The zero-order valence-corrected chi connectivity index (χ0v) is 12.0. The summed E-state index contributed by atoms with van der Waals surface area (Å²) in [6, 6.07) is 1.65. The highest BCUT2D eigenvalue weighted by Gasteiger charge is 2.26. The van der Waals surface area contributed by atoms with Gasteiger partial charge in [0.2, 0.25) is 5.95 Å². The normalized spacial score (nSPS) is 18.5. The number of ether oxygens (including phenoxy) is 1. The molecule has 2 heterocycles. The maximum Gasteiger partial charge on any atom is 0.390 e. The molecule has 1 saturated heterocycles. The summed E-state index contributed by atoms with van der Waals surface area (Å²) in [6.07, 6.45) is -4.32. The minimum absolute atomic E-state index is 0.0863. The van der Waals surface area contributed by atoms with Gasteiger partial charge in [0.15, 0.2) is 0 Å². The number of hydrogen-bond donors (Lipinski definition) is 3. The minimum atomic E-state index is -4.21. The topological polar surface area (TPSA) is 79.3 Å². The van der Waals surface area contributed by atoms with Crippen LogP contribution >= 0.6 is 0 Å². The van der Waals surface area contributed by atoms with Gasteiger partial charge in [-0.15, -0.1) is 0 Å². The number of alkyl halides is 3. The number of anilines is 2. The van der Waals surface area contributed by atoms with Gasteiger partial charge < -0.3 is 20.5 Å². The molecule has 3 N–H and O–H groups in total. The maximum absolute atomic E-state index is 12.2. The molecule has 0 spiro atoms. The molecule has 0 aliphatic carbocycles. The highest BCUT2D eigenvalue weighted by Crippen LogP contribution is 2.26. The largest absolute Gasteiger partial charge is 0.395 e. The second-order valence-corrected chi connectivity index (χ2v) is 5.00. The van der Waals surface area contributed by atoms with E-state index in [4.69, 9.17) is 9.84 Å². The van der Waals surface area contributed by atoms with E-state index in [2.05, 4.69) is 20.6 Å². The van der Waals surface area contributed by atoms with Crippen molar-refractivity contribution in [1.29, 1.82) is 0 Å². The van der Waals surface area contributed by atoms with Crippen molar-refractivity contribution in [2.45, 2.75) is 24.9 Å². The van der Waals surface area contributed by atoms with E-state index in [1.165, 1.54) is 0 Å². The Balaban J connectivity index is 2.07. The Morgan fingerprint density at radius 3 is 2.73 bits per heavy atom. The molecule has 2 rings (SSSR count). The Labute approximate surface area is 126 Å². The van der Waals surface area contributed by atoms with Crippen molar-refractivity contribution in [3.8, 4) is 0 Å². The smallest absolute Gasteiger partial charge is 0.390 e. The Bertz CT molecular complexity index is 479. The van der Waals surface area contributed by atoms with Crippen LogP contribution in [0.3, 0.4) is 0 Å². The van der Waals surface area contributed by atoms with Crippen LogP contribution in [0.25, 0.3) is 0 Å². The van der Waals surface area contributed by atoms with Crippen LogP contribution < -0.4 is 10.6 Å². The minimum Gasteiger partial charge on any atom is -0.395 e. The van der Waals surface area contributed by atoms with Crippen LogP contribution in [0.2, 0.25) is 0 Å². The summed E-state index contributed by atoms with van der Waals surface area (Å²) in [5.74, 6) is 0.732. The van der Waals surface area contributed by atoms with Crippen LogP contribution in [0, 0.1) is 0 Å². The van der Waals surface area contributed by atoms with E-state index in [0.717, 1.165) is 12.1 Å². The van der Waals surface area contributed by atoms with Crippen molar-refractivity contribution in [1.82, 2.24) is 9.97 Å². The van der Waals surface area contributed by atoms with Gasteiger partial charge in [0.25, 0.3) is 0 Å². The number of aliphatic hydroxyl groups is 1. The first kappa shape index (κ1) is 16.8. The van der Waals surface area contributed by atoms with Crippen molar-refractivity contribution in [2.75, 3.05) is 43.5 Å². The molecule has 6 nitrogen and oxygen atoms in total. The standard InChI is InChI=1S/C13H19F3N4O2/c14-13(15,16)2-3-17-11-7-10(9-1-6-22-8-9)19-12(20-11)18-4-5-21/h7,9,21H,1-6,8H2,(H2,17,18,19,20). The van der Waals surface area contributed by atoms with Crippen molar-refractivity contribution in [3.05, 3.63) is 11.8 Å². The summed E-state index contributed by atoms with van der Waals surface area (Å²) in [4.78, 5) is 8.44. The Kier molecular flexibility index (Phi) is 5.78. The molecule has 0 bridgehead atoms. The molecule has 1 unspecified atom stereocenters. The predicted octanol–water partition coefficient (Wildman–Crippen LogP) is 1.75. The van der Waals surface area contributed by atoms with Gasteiger partial charge in [0.05, 0.1) is 25.3 Å². The third-order valence-electron chi connectivity index (χ3n) is 3.20. The molecule has 9 heteroatoms. The lowest BCUT2D eigenvalue weighted by molar-refractivity contribution is -0.131. The van der Waals surface area contributed by atoms with Crippen molar-refractivity contribution in [2.24, 2.45) is 0 Å². The second-order valence-electron chi connectivity index (χ2n) is 5.00. The van der Waals surface area contributed by atoms with Gasteiger partial charge in [-0.1, -0.05) is 0 Å². The average molecular weight is 320 g/mol. The van der Waals surface area contributed by atoms with Crippen molar-refractivity contribution < 1.29 is 23.0 Å². The fourth-order valence-corrected chi connectivity index (χ4v) is 2.11. The number of halogens is 3. The monoisotopic (exact) mass is 320 g/mol. The number of nitrogens with zero attached hydrogens (tertiary/aromatic N) is 2. The van der Waals surface area contributed by atoms with E-state index >= 15 is 0 Å². The molecular formula is C13H19F3N4O2. The summed E-state index contributed by atoms with van der Waals surface area (Å²) in [6.45, 7) is 1.12. The van der Waals surface area contributed by atoms with Gasteiger partial charge in [0.1, 0.15) is 5.82 Å². The van der Waals surface area contributed by atoms with E-state index < -0.39 is 12.6 Å². The first-order chi connectivity index (χ1) is 10.5. The Morgan fingerprint density at radius 1 is 1.27 bits per heavy atom. The second kappa shape index (κ2) is 7.59. The molecule has 0 amide bonds. The Morgan fingerprint density at radius 2 is 2.09 bits per heavy atom. The predicted molar refractivity (Wildman–Crippen MR) is 74.9 cm³/mol. The van der Waals surface area contributed by atoms with E-state index in [9.17, 15) is 13.2 Å². The zero-order chi connectivity index (χ0) is 16.0. The van der Waals surface area contributed by atoms with Gasteiger partial charge in [-0.25, -0.2) is 4.98 Å². The van der Waals surface area contributed by atoms with Gasteiger partial charge in [-0.05, 0) is 6.42 Å².